The van der Waals surface area contributed by atoms with Gasteiger partial charge in [0.25, 0.3) is 0 Å². The van der Waals surface area contributed by atoms with E-state index in [9.17, 15) is 14.4 Å². The van der Waals surface area contributed by atoms with E-state index in [1.807, 2.05) is 29.3 Å². The Hall–Kier alpha value is -2.03. The fourth-order valence-electron chi connectivity index (χ4n) is 2.66. The molecule has 2 heterocycles. The summed E-state index contributed by atoms with van der Waals surface area (Å²) in [5, 5.41) is 5.17. The number of amides is 1. The van der Waals surface area contributed by atoms with Crippen LogP contribution in [0.4, 0.5) is 5.00 Å². The minimum Gasteiger partial charge on any atom is -0.462 e. The number of Topliss-reactive ketones (excluding diaryl/α,β-unsaturated/α-hetero) is 1. The minimum atomic E-state index is -0.528. The summed E-state index contributed by atoms with van der Waals surface area (Å²) in [4.78, 5) is 40.4. The van der Waals surface area contributed by atoms with Crippen LogP contribution >= 0.6 is 22.7 Å². The van der Waals surface area contributed by atoms with Crippen molar-refractivity contribution in [1.29, 1.82) is 0 Å². The van der Waals surface area contributed by atoms with Gasteiger partial charge in [-0.25, -0.2) is 4.79 Å². The van der Waals surface area contributed by atoms with Crippen LogP contribution in [0.5, 0.6) is 0 Å². The van der Waals surface area contributed by atoms with Gasteiger partial charge >= 0.3 is 5.97 Å². The van der Waals surface area contributed by atoms with Crippen LogP contribution in [-0.2, 0) is 16.1 Å². The molecule has 0 saturated carbocycles. The van der Waals surface area contributed by atoms with Crippen molar-refractivity contribution in [3.8, 4) is 0 Å². The highest BCUT2D eigenvalue weighted by Gasteiger charge is 2.25. The van der Waals surface area contributed by atoms with E-state index < -0.39 is 5.97 Å². The van der Waals surface area contributed by atoms with Crippen LogP contribution in [0, 0.1) is 6.92 Å². The first-order valence-electron chi connectivity index (χ1n) is 8.73. The maximum atomic E-state index is 12.6. The zero-order valence-electron chi connectivity index (χ0n) is 16.0. The second-order valence-electron chi connectivity index (χ2n) is 5.97. The van der Waals surface area contributed by atoms with E-state index >= 15 is 0 Å². The molecular formula is C19H24N2O4S2. The van der Waals surface area contributed by atoms with E-state index in [2.05, 4.69) is 5.32 Å². The summed E-state index contributed by atoms with van der Waals surface area (Å²) >= 11 is 2.77. The van der Waals surface area contributed by atoms with E-state index in [0.717, 1.165) is 17.9 Å². The summed E-state index contributed by atoms with van der Waals surface area (Å²) in [6.07, 6.45) is 0. The topological polar surface area (TPSA) is 75.7 Å². The quantitative estimate of drug-likeness (QED) is 0.502. The first-order chi connectivity index (χ1) is 12.9. The monoisotopic (exact) mass is 408 g/mol. The molecular weight excluding hydrogens is 384 g/mol. The summed E-state index contributed by atoms with van der Waals surface area (Å²) in [5.41, 5.74) is 0.814. The van der Waals surface area contributed by atoms with E-state index in [0.29, 0.717) is 22.0 Å². The lowest BCUT2D eigenvalue weighted by Crippen LogP contribution is -2.32. The molecule has 1 amide bonds. The number of ketones is 1. The molecule has 146 valence electrons. The van der Waals surface area contributed by atoms with Crippen molar-refractivity contribution in [3.05, 3.63) is 38.4 Å². The predicted octanol–water partition coefficient (Wildman–Crippen LogP) is 3.96. The highest BCUT2D eigenvalue weighted by molar-refractivity contribution is 7.18. The average molecular weight is 409 g/mol. The van der Waals surface area contributed by atoms with Gasteiger partial charge in [-0.1, -0.05) is 13.0 Å². The SMILES string of the molecule is CCOC(=O)c1c(NC(=O)CN(CC)Cc2cccs2)sc(C(C)=O)c1C. The van der Waals surface area contributed by atoms with Gasteiger partial charge in [-0.05, 0) is 44.3 Å². The normalized spacial score (nSPS) is 10.9. The Morgan fingerprint density at radius 1 is 1.26 bits per heavy atom. The molecule has 2 aromatic heterocycles. The van der Waals surface area contributed by atoms with Crippen LogP contribution < -0.4 is 5.32 Å². The van der Waals surface area contributed by atoms with Gasteiger partial charge in [-0.3, -0.25) is 14.5 Å². The predicted molar refractivity (Wildman–Crippen MR) is 109 cm³/mol. The zero-order valence-corrected chi connectivity index (χ0v) is 17.6. The van der Waals surface area contributed by atoms with E-state index in [1.54, 1.807) is 25.2 Å². The Morgan fingerprint density at radius 2 is 2.00 bits per heavy atom. The summed E-state index contributed by atoms with van der Waals surface area (Å²) in [7, 11) is 0. The zero-order chi connectivity index (χ0) is 20.0. The molecule has 0 bridgehead atoms. The molecule has 0 spiro atoms. The molecule has 8 heteroatoms. The Labute approximate surface area is 167 Å². The lowest BCUT2D eigenvalue weighted by Gasteiger charge is -2.19. The second kappa shape index (κ2) is 9.77. The van der Waals surface area contributed by atoms with Crippen LogP contribution in [0.1, 0.15) is 51.2 Å². The Kier molecular flexibility index (Phi) is 7.70. The molecule has 0 aliphatic rings. The third-order valence-electron chi connectivity index (χ3n) is 3.97. The van der Waals surface area contributed by atoms with Gasteiger partial charge in [0.2, 0.25) is 5.91 Å². The van der Waals surface area contributed by atoms with Crippen LogP contribution in [0.25, 0.3) is 0 Å². The van der Waals surface area contributed by atoms with Crippen LogP contribution in [-0.4, -0.2) is 42.3 Å². The maximum Gasteiger partial charge on any atom is 0.341 e. The number of ether oxygens (including phenoxy) is 1. The van der Waals surface area contributed by atoms with Gasteiger partial charge < -0.3 is 10.1 Å². The van der Waals surface area contributed by atoms with Gasteiger partial charge in [0, 0.05) is 11.4 Å². The fourth-order valence-corrected chi connectivity index (χ4v) is 4.51. The number of hydrogen-bond donors (Lipinski definition) is 1. The van der Waals surface area contributed by atoms with Gasteiger partial charge in [0.1, 0.15) is 5.00 Å². The summed E-state index contributed by atoms with van der Waals surface area (Å²) in [6.45, 7) is 8.68. The van der Waals surface area contributed by atoms with Gasteiger partial charge in [0.05, 0.1) is 23.6 Å². The third-order valence-corrected chi connectivity index (χ3v) is 6.14. The molecule has 0 aromatic carbocycles. The third kappa shape index (κ3) is 5.47. The molecule has 0 radical (unpaired) electrons. The van der Waals surface area contributed by atoms with Crippen molar-refractivity contribution in [1.82, 2.24) is 4.90 Å². The molecule has 6 nitrogen and oxygen atoms in total. The molecule has 27 heavy (non-hydrogen) atoms. The lowest BCUT2D eigenvalue weighted by atomic mass is 10.1. The highest BCUT2D eigenvalue weighted by atomic mass is 32.1. The first-order valence-corrected chi connectivity index (χ1v) is 10.4. The number of thiophene rings is 2. The van der Waals surface area contributed by atoms with Crippen LogP contribution in [0.3, 0.4) is 0 Å². The van der Waals surface area contributed by atoms with Crippen molar-refractivity contribution in [2.75, 3.05) is 25.0 Å². The Morgan fingerprint density at radius 3 is 2.56 bits per heavy atom. The number of carbonyl (C=O) groups is 3. The lowest BCUT2D eigenvalue weighted by molar-refractivity contribution is -0.117. The van der Waals surface area contributed by atoms with E-state index in [-0.39, 0.29) is 30.4 Å². The minimum absolute atomic E-state index is 0.142. The van der Waals surface area contributed by atoms with Crippen LogP contribution in [0.2, 0.25) is 0 Å². The van der Waals surface area contributed by atoms with Crippen molar-refractivity contribution in [2.24, 2.45) is 0 Å². The van der Waals surface area contributed by atoms with Crippen molar-refractivity contribution < 1.29 is 19.1 Å². The highest BCUT2D eigenvalue weighted by Crippen LogP contribution is 2.34. The molecule has 0 aliphatic carbocycles. The molecule has 2 aromatic rings. The standard InChI is InChI=1S/C19H24N2O4S2/c1-5-21(10-14-8-7-9-26-14)11-15(23)20-18-16(19(24)25-6-2)12(3)17(27-18)13(4)22/h7-9H,5-6,10-11H2,1-4H3,(H,20,23). The molecule has 0 atom stereocenters. The molecule has 0 fully saturated rings. The van der Waals surface area contributed by atoms with Gasteiger partial charge in [0.15, 0.2) is 5.78 Å². The first kappa shape index (κ1) is 21.3. The second-order valence-corrected chi connectivity index (χ2v) is 8.02. The van der Waals surface area contributed by atoms with E-state index in [4.69, 9.17) is 4.74 Å². The van der Waals surface area contributed by atoms with Crippen molar-refractivity contribution >= 4 is 45.3 Å². The number of hydrogen-bond acceptors (Lipinski definition) is 7. The molecule has 2 rings (SSSR count). The molecule has 0 aliphatic heterocycles. The smallest absolute Gasteiger partial charge is 0.341 e. The number of carbonyl (C=O) groups excluding carboxylic acids is 3. The summed E-state index contributed by atoms with van der Waals surface area (Å²) in [5.74, 6) is -0.897. The number of likely N-dealkylation sites (N-methyl/N-ethyl adjacent to an activating group) is 1. The number of nitrogens with one attached hydrogen (secondary N) is 1. The molecule has 0 saturated heterocycles. The summed E-state index contributed by atoms with van der Waals surface area (Å²) < 4.78 is 5.09. The Balaban J connectivity index is 2.16. The average Bonchev–Trinajstić information content (AvgIpc) is 3.22. The number of anilines is 1. The molecule has 0 unspecified atom stereocenters. The molecule has 1 N–H and O–H groups in total. The number of nitrogens with zero attached hydrogens (tertiary/aromatic N) is 1. The maximum absolute atomic E-state index is 12.6. The van der Waals surface area contributed by atoms with Gasteiger partial charge in [-0.2, -0.15) is 0 Å². The largest absolute Gasteiger partial charge is 0.462 e. The summed E-state index contributed by atoms with van der Waals surface area (Å²) in [6, 6.07) is 4.02. The van der Waals surface area contributed by atoms with Crippen molar-refractivity contribution in [2.45, 2.75) is 34.2 Å². The van der Waals surface area contributed by atoms with Crippen LogP contribution in [0.15, 0.2) is 17.5 Å². The number of rotatable bonds is 9. The van der Waals surface area contributed by atoms with Crippen molar-refractivity contribution in [3.63, 3.8) is 0 Å². The Bertz CT molecular complexity index is 812. The van der Waals surface area contributed by atoms with E-state index in [1.165, 1.54) is 11.8 Å². The fraction of sp³-hybridized carbons (Fsp3) is 0.421. The number of esters is 1. The van der Waals surface area contributed by atoms with Gasteiger partial charge in [-0.15, -0.1) is 22.7 Å².